The van der Waals surface area contributed by atoms with Gasteiger partial charge >= 0.3 is 0 Å². The summed E-state index contributed by atoms with van der Waals surface area (Å²) in [5.41, 5.74) is 2.27. The monoisotopic (exact) mass is 457 g/mol. The van der Waals surface area contributed by atoms with Gasteiger partial charge in [-0.2, -0.15) is 9.61 Å². The molecular weight excluding hydrogens is 438 g/mol. The first-order valence-electron chi connectivity index (χ1n) is 9.70. The standard InChI is InChI=1S/C20H19N5O2S3/c1-10(2)17(27)21-12-5-6-14-15(7-12)29-20(23-14)28-9-13-8-16(26)25-19(22-13)30-18(24-25)11-3-4-11/h5-8,10-11H,3-4,9H2,1-2H3,(H,21,27). The van der Waals surface area contributed by atoms with Crippen LogP contribution in [0.4, 0.5) is 5.69 Å². The van der Waals surface area contributed by atoms with E-state index < -0.39 is 0 Å². The van der Waals surface area contributed by atoms with Gasteiger partial charge in [0.25, 0.3) is 5.56 Å². The van der Waals surface area contributed by atoms with Crippen molar-refractivity contribution in [2.75, 3.05) is 5.32 Å². The molecule has 1 aromatic carbocycles. The zero-order valence-electron chi connectivity index (χ0n) is 16.4. The topological polar surface area (TPSA) is 89.2 Å². The average molecular weight is 458 g/mol. The molecule has 0 aliphatic heterocycles. The van der Waals surface area contributed by atoms with Crippen LogP contribution in [0.15, 0.2) is 33.4 Å². The van der Waals surface area contributed by atoms with Gasteiger partial charge in [-0.1, -0.05) is 36.9 Å². The van der Waals surface area contributed by atoms with E-state index in [0.717, 1.165) is 43.8 Å². The summed E-state index contributed by atoms with van der Waals surface area (Å²) >= 11 is 4.64. The first kappa shape index (κ1) is 19.7. The lowest BCUT2D eigenvalue weighted by Gasteiger charge is -2.06. The Bertz CT molecular complexity index is 1320. The minimum atomic E-state index is -0.131. The highest BCUT2D eigenvalue weighted by Gasteiger charge is 2.28. The molecule has 0 saturated heterocycles. The summed E-state index contributed by atoms with van der Waals surface area (Å²) in [4.78, 5) is 34.2. The fourth-order valence-corrected chi connectivity index (χ4v) is 6.00. The number of carbonyl (C=O) groups is 1. The number of benzene rings is 1. The van der Waals surface area contributed by atoms with Gasteiger partial charge in [0.2, 0.25) is 10.9 Å². The molecule has 1 saturated carbocycles. The molecule has 1 aliphatic rings. The Hall–Kier alpha value is -2.30. The molecule has 7 nitrogen and oxygen atoms in total. The maximum atomic E-state index is 12.4. The number of thioether (sulfide) groups is 1. The molecule has 0 bridgehead atoms. The second-order valence-electron chi connectivity index (χ2n) is 7.59. The second-order valence-corrected chi connectivity index (χ2v) is 10.8. The van der Waals surface area contributed by atoms with Crippen molar-refractivity contribution in [3.05, 3.63) is 45.3 Å². The van der Waals surface area contributed by atoms with Crippen molar-refractivity contribution >= 4 is 61.2 Å². The van der Waals surface area contributed by atoms with Gasteiger partial charge in [-0.25, -0.2) is 9.97 Å². The highest BCUT2D eigenvalue weighted by atomic mass is 32.2. The minimum Gasteiger partial charge on any atom is -0.326 e. The van der Waals surface area contributed by atoms with Crippen molar-refractivity contribution in [1.82, 2.24) is 19.6 Å². The normalized spacial score (nSPS) is 14.1. The van der Waals surface area contributed by atoms with Gasteiger partial charge < -0.3 is 5.32 Å². The molecule has 0 atom stereocenters. The molecular formula is C20H19N5O2S3. The lowest BCUT2D eigenvalue weighted by molar-refractivity contribution is -0.118. The fourth-order valence-electron chi connectivity index (χ4n) is 2.91. The molecule has 154 valence electrons. The van der Waals surface area contributed by atoms with Crippen molar-refractivity contribution in [2.45, 2.75) is 42.7 Å². The van der Waals surface area contributed by atoms with E-state index in [4.69, 9.17) is 0 Å². The molecule has 1 N–H and O–H groups in total. The highest BCUT2D eigenvalue weighted by Crippen LogP contribution is 2.41. The maximum absolute atomic E-state index is 12.4. The van der Waals surface area contributed by atoms with E-state index >= 15 is 0 Å². The number of amides is 1. The first-order chi connectivity index (χ1) is 14.5. The van der Waals surface area contributed by atoms with Crippen molar-refractivity contribution < 1.29 is 4.79 Å². The van der Waals surface area contributed by atoms with Gasteiger partial charge in [0.05, 0.1) is 15.9 Å². The lowest BCUT2D eigenvalue weighted by Crippen LogP contribution is -2.17. The number of nitrogens with one attached hydrogen (secondary N) is 1. The van der Waals surface area contributed by atoms with Crippen LogP contribution in [0.1, 0.15) is 43.3 Å². The SMILES string of the molecule is CC(C)C(=O)Nc1ccc2nc(SCc3cc(=O)n4nc(C5CC5)sc4n3)sc2c1. The van der Waals surface area contributed by atoms with E-state index in [1.807, 2.05) is 32.0 Å². The van der Waals surface area contributed by atoms with Crippen LogP contribution in [-0.2, 0) is 10.5 Å². The largest absolute Gasteiger partial charge is 0.326 e. The van der Waals surface area contributed by atoms with Crippen LogP contribution in [-0.4, -0.2) is 25.5 Å². The van der Waals surface area contributed by atoms with Crippen LogP contribution in [0.2, 0.25) is 0 Å². The smallest absolute Gasteiger partial charge is 0.275 e. The predicted molar refractivity (Wildman–Crippen MR) is 122 cm³/mol. The third-order valence-electron chi connectivity index (χ3n) is 4.74. The Morgan fingerprint density at radius 2 is 2.10 bits per heavy atom. The summed E-state index contributed by atoms with van der Waals surface area (Å²) in [5.74, 6) is 1.00. The quantitative estimate of drug-likeness (QED) is 0.428. The van der Waals surface area contributed by atoms with E-state index in [-0.39, 0.29) is 17.4 Å². The van der Waals surface area contributed by atoms with Crippen molar-refractivity contribution in [3.8, 4) is 0 Å². The van der Waals surface area contributed by atoms with Gasteiger partial charge in [0.1, 0.15) is 5.01 Å². The predicted octanol–water partition coefficient (Wildman–Crippen LogP) is 4.52. The molecule has 0 radical (unpaired) electrons. The lowest BCUT2D eigenvalue weighted by atomic mass is 10.2. The molecule has 1 fully saturated rings. The maximum Gasteiger partial charge on any atom is 0.275 e. The van der Waals surface area contributed by atoms with Gasteiger partial charge in [-0.3, -0.25) is 9.59 Å². The van der Waals surface area contributed by atoms with Crippen molar-refractivity contribution in [2.24, 2.45) is 5.92 Å². The van der Waals surface area contributed by atoms with Crippen LogP contribution < -0.4 is 10.9 Å². The van der Waals surface area contributed by atoms with Gasteiger partial charge in [0.15, 0.2) is 4.34 Å². The number of carbonyl (C=O) groups excluding carboxylic acids is 1. The van der Waals surface area contributed by atoms with Gasteiger partial charge in [-0.15, -0.1) is 11.3 Å². The Labute approximate surface area is 184 Å². The Kier molecular flexibility index (Phi) is 5.08. The van der Waals surface area contributed by atoms with E-state index in [9.17, 15) is 9.59 Å². The molecule has 3 heterocycles. The average Bonchev–Trinajstić information content (AvgIpc) is 3.33. The molecule has 30 heavy (non-hydrogen) atoms. The van der Waals surface area contributed by atoms with Crippen molar-refractivity contribution in [3.63, 3.8) is 0 Å². The Balaban J connectivity index is 1.33. The zero-order chi connectivity index (χ0) is 20.8. The number of thiazole rings is 1. The first-order valence-corrected chi connectivity index (χ1v) is 12.3. The van der Waals surface area contributed by atoms with Crippen LogP contribution in [0, 0.1) is 5.92 Å². The number of fused-ring (bicyclic) bond motifs is 2. The minimum absolute atomic E-state index is 0.00544. The number of aromatic nitrogens is 4. The molecule has 10 heteroatoms. The van der Waals surface area contributed by atoms with Gasteiger partial charge in [0, 0.05) is 29.3 Å². The third-order valence-corrected chi connectivity index (χ3v) is 8.01. The summed E-state index contributed by atoms with van der Waals surface area (Å²) in [5, 5.41) is 8.34. The highest BCUT2D eigenvalue weighted by molar-refractivity contribution is 8.00. The van der Waals surface area contributed by atoms with Crippen LogP contribution >= 0.6 is 34.4 Å². The van der Waals surface area contributed by atoms with Crippen LogP contribution in [0.3, 0.4) is 0 Å². The van der Waals surface area contributed by atoms with Crippen molar-refractivity contribution in [1.29, 1.82) is 0 Å². The summed E-state index contributed by atoms with van der Waals surface area (Å²) in [6.07, 6.45) is 2.30. The summed E-state index contributed by atoms with van der Waals surface area (Å²) in [7, 11) is 0. The summed E-state index contributed by atoms with van der Waals surface area (Å²) < 4.78 is 3.33. The molecule has 5 rings (SSSR count). The molecule has 4 aromatic rings. The van der Waals surface area contributed by atoms with E-state index in [0.29, 0.717) is 16.6 Å². The van der Waals surface area contributed by atoms with Crippen LogP contribution in [0.5, 0.6) is 0 Å². The number of hydrogen-bond donors (Lipinski definition) is 1. The molecule has 0 unspecified atom stereocenters. The Morgan fingerprint density at radius 1 is 1.27 bits per heavy atom. The molecule has 3 aromatic heterocycles. The number of hydrogen-bond acceptors (Lipinski definition) is 8. The third kappa shape index (κ3) is 3.99. The molecule has 0 spiro atoms. The van der Waals surface area contributed by atoms with E-state index in [1.54, 1.807) is 29.2 Å². The van der Waals surface area contributed by atoms with E-state index in [2.05, 4.69) is 20.4 Å². The number of nitrogens with zero attached hydrogens (tertiary/aromatic N) is 4. The van der Waals surface area contributed by atoms with Crippen LogP contribution in [0.25, 0.3) is 15.2 Å². The molecule has 1 aliphatic carbocycles. The number of rotatable bonds is 6. The fraction of sp³-hybridized carbons (Fsp3) is 0.350. The number of anilines is 1. The van der Waals surface area contributed by atoms with Gasteiger partial charge in [-0.05, 0) is 31.0 Å². The summed E-state index contributed by atoms with van der Waals surface area (Å²) in [6, 6.07) is 7.29. The second kappa shape index (κ2) is 7.75. The Morgan fingerprint density at radius 3 is 2.87 bits per heavy atom. The summed E-state index contributed by atoms with van der Waals surface area (Å²) in [6.45, 7) is 3.73. The van der Waals surface area contributed by atoms with E-state index in [1.165, 1.54) is 15.9 Å². The zero-order valence-corrected chi connectivity index (χ0v) is 18.9. The molecule has 1 amide bonds.